The molecule has 0 radical (unpaired) electrons. The summed E-state index contributed by atoms with van der Waals surface area (Å²) in [6.07, 6.45) is 11.9. The van der Waals surface area contributed by atoms with Gasteiger partial charge in [-0.3, -0.25) is 0 Å². The molecule has 1 fully saturated rings. The van der Waals surface area contributed by atoms with Crippen molar-refractivity contribution in [2.75, 3.05) is 25.2 Å². The third-order valence-electron chi connectivity index (χ3n) is 8.24. The third-order valence-corrected chi connectivity index (χ3v) is 8.24. The number of dihydropyridines is 1. The molecule has 198 valence electrons. The second kappa shape index (κ2) is 12.6. The van der Waals surface area contributed by atoms with Gasteiger partial charge >= 0.3 is 0 Å². The number of nitrogens with one attached hydrogen (secondary N) is 1. The van der Waals surface area contributed by atoms with Gasteiger partial charge in [-0.1, -0.05) is 56.2 Å². The standard InChI is InChI=1S/C34H46N2O/c1-7-36(32-13-9-8-10-14-32)34-23-31(29-17-15-28(16-18-29)12-11-19-37-6)21-30(26(34)4)22-33-24(2)20-25(3)35-27(33)5/h15-18,20-21,23,32,35H,5,7-14,19,22H2,1-4,6H3. The molecule has 3 heteroatoms. The van der Waals surface area contributed by atoms with Gasteiger partial charge in [-0.15, -0.1) is 0 Å². The predicted molar refractivity (Wildman–Crippen MR) is 159 cm³/mol. The van der Waals surface area contributed by atoms with Gasteiger partial charge in [-0.25, -0.2) is 0 Å². The molecule has 1 N–H and O–H groups in total. The topological polar surface area (TPSA) is 24.5 Å². The molecule has 0 spiro atoms. The number of nitrogens with zero attached hydrogens (tertiary/aromatic N) is 1. The average molecular weight is 499 g/mol. The van der Waals surface area contributed by atoms with Crippen molar-refractivity contribution < 1.29 is 4.74 Å². The minimum absolute atomic E-state index is 0.640. The van der Waals surface area contributed by atoms with Gasteiger partial charge in [-0.2, -0.15) is 0 Å². The summed E-state index contributed by atoms with van der Waals surface area (Å²) in [5, 5.41) is 3.46. The van der Waals surface area contributed by atoms with Crippen LogP contribution in [0.2, 0.25) is 0 Å². The summed E-state index contributed by atoms with van der Waals surface area (Å²) in [5.41, 5.74) is 13.0. The van der Waals surface area contributed by atoms with Crippen LogP contribution in [-0.4, -0.2) is 26.3 Å². The summed E-state index contributed by atoms with van der Waals surface area (Å²) in [7, 11) is 1.77. The van der Waals surface area contributed by atoms with Gasteiger partial charge in [0.25, 0.3) is 0 Å². The van der Waals surface area contributed by atoms with Crippen LogP contribution in [0, 0.1) is 6.92 Å². The number of allylic oxidation sites excluding steroid dienone is 4. The number of benzene rings is 2. The van der Waals surface area contributed by atoms with Gasteiger partial charge in [0, 0.05) is 49.8 Å². The largest absolute Gasteiger partial charge is 0.385 e. The lowest BCUT2D eigenvalue weighted by molar-refractivity contribution is 0.195. The van der Waals surface area contributed by atoms with Crippen molar-refractivity contribution in [2.45, 2.75) is 85.1 Å². The number of rotatable bonds is 10. The average Bonchev–Trinajstić information content (AvgIpc) is 2.89. The highest BCUT2D eigenvalue weighted by atomic mass is 16.5. The maximum atomic E-state index is 5.24. The molecule has 0 amide bonds. The summed E-state index contributed by atoms with van der Waals surface area (Å²) in [4.78, 5) is 2.69. The van der Waals surface area contributed by atoms with Gasteiger partial charge in [0.1, 0.15) is 0 Å². The number of aryl methyl sites for hydroxylation is 1. The number of methoxy groups -OCH3 is 1. The Labute approximate surface area is 225 Å². The monoisotopic (exact) mass is 498 g/mol. The van der Waals surface area contributed by atoms with Gasteiger partial charge in [0.05, 0.1) is 0 Å². The van der Waals surface area contributed by atoms with Gasteiger partial charge < -0.3 is 15.0 Å². The molecule has 1 saturated carbocycles. The SMILES string of the molecule is C=C1NC(C)=CC(C)=C1Cc1cc(-c2ccc(CCCOC)cc2)cc(N(CC)C2CCCCC2)c1C. The Kier molecular flexibility index (Phi) is 9.32. The lowest BCUT2D eigenvalue weighted by atomic mass is 9.88. The van der Waals surface area contributed by atoms with Crippen LogP contribution in [0.25, 0.3) is 11.1 Å². The summed E-state index contributed by atoms with van der Waals surface area (Å²) < 4.78 is 5.24. The lowest BCUT2D eigenvalue weighted by Crippen LogP contribution is -2.37. The highest BCUT2D eigenvalue weighted by Gasteiger charge is 2.24. The summed E-state index contributed by atoms with van der Waals surface area (Å²) in [6, 6.07) is 14.7. The van der Waals surface area contributed by atoms with Crippen molar-refractivity contribution in [1.82, 2.24) is 5.32 Å². The maximum Gasteiger partial charge on any atom is 0.0465 e. The highest BCUT2D eigenvalue weighted by molar-refractivity contribution is 5.73. The summed E-state index contributed by atoms with van der Waals surface area (Å²) in [6.45, 7) is 15.2. The predicted octanol–water partition coefficient (Wildman–Crippen LogP) is 8.28. The zero-order chi connectivity index (χ0) is 26.4. The number of hydrogen-bond acceptors (Lipinski definition) is 3. The van der Waals surface area contributed by atoms with Crippen molar-refractivity contribution in [3.8, 4) is 11.1 Å². The van der Waals surface area contributed by atoms with E-state index in [-0.39, 0.29) is 0 Å². The molecule has 0 unspecified atom stereocenters. The first-order valence-corrected chi connectivity index (χ1v) is 14.2. The van der Waals surface area contributed by atoms with E-state index in [2.05, 4.69) is 87.0 Å². The molecule has 0 bridgehead atoms. The molecular weight excluding hydrogens is 452 g/mol. The second-order valence-corrected chi connectivity index (χ2v) is 10.9. The quantitative estimate of drug-likeness (QED) is 0.334. The Bertz CT molecular complexity index is 1150. The van der Waals surface area contributed by atoms with E-state index in [1.807, 2.05) is 0 Å². The van der Waals surface area contributed by atoms with E-state index in [9.17, 15) is 0 Å². The molecule has 37 heavy (non-hydrogen) atoms. The van der Waals surface area contributed by atoms with Crippen LogP contribution >= 0.6 is 0 Å². The number of hydrogen-bond donors (Lipinski definition) is 1. The zero-order valence-corrected chi connectivity index (χ0v) is 23.8. The van der Waals surface area contributed by atoms with E-state index < -0.39 is 0 Å². The number of ether oxygens (including phenoxy) is 1. The smallest absolute Gasteiger partial charge is 0.0465 e. The molecule has 1 heterocycles. The van der Waals surface area contributed by atoms with Crippen molar-refractivity contribution in [3.63, 3.8) is 0 Å². The van der Waals surface area contributed by atoms with Crippen LogP contribution in [0.5, 0.6) is 0 Å². The fourth-order valence-corrected chi connectivity index (χ4v) is 6.14. The van der Waals surface area contributed by atoms with E-state index in [4.69, 9.17) is 4.74 Å². The molecule has 3 nitrogen and oxygen atoms in total. The Morgan fingerprint density at radius 3 is 2.38 bits per heavy atom. The van der Waals surface area contributed by atoms with Gasteiger partial charge in [0.2, 0.25) is 0 Å². The van der Waals surface area contributed by atoms with Crippen molar-refractivity contribution in [1.29, 1.82) is 0 Å². The minimum Gasteiger partial charge on any atom is -0.385 e. The Morgan fingerprint density at radius 2 is 1.73 bits per heavy atom. The normalized spacial score (nSPS) is 16.6. The first-order chi connectivity index (χ1) is 17.9. The number of anilines is 1. The molecule has 1 aliphatic carbocycles. The van der Waals surface area contributed by atoms with Gasteiger partial charge in [-0.05, 0) is 104 Å². The molecule has 2 aliphatic rings. The van der Waals surface area contributed by atoms with E-state index in [0.29, 0.717) is 6.04 Å². The second-order valence-electron chi connectivity index (χ2n) is 10.9. The van der Waals surface area contributed by atoms with Gasteiger partial charge in [0.15, 0.2) is 0 Å². The zero-order valence-electron chi connectivity index (χ0n) is 23.8. The Balaban J connectivity index is 1.74. The fraction of sp³-hybridized carbons (Fsp3) is 0.471. The van der Waals surface area contributed by atoms with E-state index in [1.54, 1.807) is 7.11 Å². The van der Waals surface area contributed by atoms with E-state index in [1.165, 1.54) is 76.8 Å². The van der Waals surface area contributed by atoms with Crippen LogP contribution in [0.4, 0.5) is 5.69 Å². The molecule has 4 rings (SSSR count). The minimum atomic E-state index is 0.640. The molecular formula is C34H46N2O. The van der Waals surface area contributed by atoms with Crippen molar-refractivity contribution in [2.24, 2.45) is 0 Å². The lowest BCUT2D eigenvalue weighted by Gasteiger charge is -2.37. The maximum absolute atomic E-state index is 5.24. The third kappa shape index (κ3) is 6.57. The van der Waals surface area contributed by atoms with Crippen molar-refractivity contribution >= 4 is 5.69 Å². The van der Waals surface area contributed by atoms with Crippen LogP contribution in [0.1, 0.15) is 76.0 Å². The van der Waals surface area contributed by atoms with Crippen LogP contribution < -0.4 is 10.2 Å². The molecule has 0 aromatic heterocycles. The van der Waals surface area contributed by atoms with Crippen LogP contribution in [0.15, 0.2) is 71.6 Å². The molecule has 2 aromatic rings. The summed E-state index contributed by atoms with van der Waals surface area (Å²) >= 11 is 0. The molecule has 0 saturated heterocycles. The molecule has 2 aromatic carbocycles. The van der Waals surface area contributed by atoms with Crippen LogP contribution in [0.3, 0.4) is 0 Å². The van der Waals surface area contributed by atoms with Crippen molar-refractivity contribution in [3.05, 3.63) is 88.3 Å². The summed E-state index contributed by atoms with van der Waals surface area (Å²) in [5.74, 6) is 0. The highest BCUT2D eigenvalue weighted by Crippen LogP contribution is 2.37. The molecule has 1 aliphatic heterocycles. The van der Waals surface area contributed by atoms with E-state index in [0.717, 1.165) is 43.8 Å². The first kappa shape index (κ1) is 27.3. The molecule has 0 atom stereocenters. The Morgan fingerprint density at radius 1 is 1.00 bits per heavy atom. The Hall–Kier alpha value is -2.78. The fourth-order valence-electron chi connectivity index (χ4n) is 6.14. The van der Waals surface area contributed by atoms with E-state index >= 15 is 0 Å². The van der Waals surface area contributed by atoms with Crippen LogP contribution in [-0.2, 0) is 17.6 Å². The first-order valence-electron chi connectivity index (χ1n) is 14.2.